The lowest BCUT2D eigenvalue weighted by atomic mass is 9.85. The minimum absolute atomic E-state index is 0.605. The first-order valence-electron chi connectivity index (χ1n) is 22.9. The Hall–Kier alpha value is -8.77. The molecule has 0 unspecified atom stereocenters. The Morgan fingerprint density at radius 1 is 0.309 bits per heavy atom. The number of thiophene rings is 1. The maximum absolute atomic E-state index is 5.42. The third-order valence-corrected chi connectivity index (χ3v) is 14.2. The Morgan fingerprint density at radius 2 is 0.824 bits per heavy atom. The Bertz CT molecular complexity index is 3880. The van der Waals surface area contributed by atoms with Gasteiger partial charge in [0.1, 0.15) is 0 Å². The molecule has 318 valence electrons. The molecule has 4 nitrogen and oxygen atoms in total. The van der Waals surface area contributed by atoms with Crippen LogP contribution in [0.4, 0.5) is 0 Å². The zero-order chi connectivity index (χ0) is 45.0. The predicted molar refractivity (Wildman–Crippen MR) is 285 cm³/mol. The summed E-state index contributed by atoms with van der Waals surface area (Å²) in [4.78, 5) is 16.0. The highest BCUT2D eigenvalue weighted by atomic mass is 32.1. The summed E-state index contributed by atoms with van der Waals surface area (Å²) < 4.78 is 4.91. The molecule has 0 aliphatic heterocycles. The van der Waals surface area contributed by atoms with Gasteiger partial charge in [-0.3, -0.25) is 0 Å². The van der Waals surface area contributed by atoms with Crippen molar-refractivity contribution in [2.75, 3.05) is 0 Å². The Labute approximate surface area is 397 Å². The number of hydrogen-bond acceptors (Lipinski definition) is 4. The molecular weight excluding hydrogens is 845 g/mol. The molecule has 0 atom stereocenters. The van der Waals surface area contributed by atoms with E-state index in [-0.39, 0.29) is 0 Å². The number of rotatable bonds is 8. The third-order valence-electron chi connectivity index (χ3n) is 13.1. The van der Waals surface area contributed by atoms with Crippen molar-refractivity contribution in [1.29, 1.82) is 0 Å². The fourth-order valence-electron chi connectivity index (χ4n) is 10.1. The van der Waals surface area contributed by atoms with Gasteiger partial charge in [-0.25, -0.2) is 15.0 Å². The highest BCUT2D eigenvalue weighted by Crippen LogP contribution is 2.49. The molecule has 0 bridgehead atoms. The first-order chi connectivity index (χ1) is 33.7. The molecule has 3 heterocycles. The van der Waals surface area contributed by atoms with Crippen molar-refractivity contribution in [3.8, 4) is 84.4 Å². The number of aromatic nitrogens is 4. The molecule has 0 saturated heterocycles. The number of fused-ring (bicyclic) bond motifs is 7. The van der Waals surface area contributed by atoms with E-state index in [1.807, 2.05) is 47.7 Å². The smallest absolute Gasteiger partial charge is 0.164 e. The minimum Gasteiger partial charge on any atom is -0.309 e. The zero-order valence-corrected chi connectivity index (χ0v) is 37.6. The molecule has 0 saturated carbocycles. The van der Waals surface area contributed by atoms with E-state index < -0.39 is 0 Å². The summed E-state index contributed by atoms with van der Waals surface area (Å²) in [5.41, 5.74) is 15.3. The van der Waals surface area contributed by atoms with Gasteiger partial charge in [-0.15, -0.1) is 11.3 Å². The summed E-state index contributed by atoms with van der Waals surface area (Å²) in [5, 5.41) is 4.90. The van der Waals surface area contributed by atoms with Gasteiger partial charge in [-0.1, -0.05) is 206 Å². The lowest BCUT2D eigenvalue weighted by molar-refractivity contribution is 1.07. The van der Waals surface area contributed by atoms with Crippen molar-refractivity contribution in [2.45, 2.75) is 0 Å². The largest absolute Gasteiger partial charge is 0.309 e. The summed E-state index contributed by atoms with van der Waals surface area (Å²) in [6.45, 7) is 0. The highest BCUT2D eigenvalue weighted by molar-refractivity contribution is 7.26. The van der Waals surface area contributed by atoms with Crippen molar-refractivity contribution in [2.24, 2.45) is 0 Å². The summed E-state index contributed by atoms with van der Waals surface area (Å²) in [7, 11) is 0. The fourth-order valence-corrected chi connectivity index (χ4v) is 11.2. The van der Waals surface area contributed by atoms with Crippen molar-refractivity contribution in [3.05, 3.63) is 243 Å². The van der Waals surface area contributed by atoms with Crippen LogP contribution in [-0.4, -0.2) is 19.5 Å². The van der Waals surface area contributed by atoms with Gasteiger partial charge >= 0.3 is 0 Å². The minimum atomic E-state index is 0.605. The molecule has 0 radical (unpaired) electrons. The van der Waals surface area contributed by atoms with E-state index in [1.54, 1.807) is 0 Å². The fraction of sp³-hybridized carbons (Fsp3) is 0. The van der Waals surface area contributed by atoms with Crippen molar-refractivity contribution < 1.29 is 0 Å². The molecule has 3 aromatic heterocycles. The zero-order valence-electron chi connectivity index (χ0n) is 36.8. The molecular formula is C63H40N4S. The van der Waals surface area contributed by atoms with Crippen LogP contribution < -0.4 is 0 Å². The van der Waals surface area contributed by atoms with E-state index in [2.05, 4.69) is 211 Å². The Balaban J connectivity index is 1.15. The third kappa shape index (κ3) is 6.71. The van der Waals surface area contributed by atoms with Crippen LogP contribution in [0, 0.1) is 0 Å². The molecule has 0 aliphatic carbocycles. The predicted octanol–water partition coefficient (Wildman–Crippen LogP) is 17.0. The summed E-state index contributed by atoms with van der Waals surface area (Å²) >= 11 is 1.84. The second-order valence-electron chi connectivity index (χ2n) is 17.1. The first-order valence-corrected chi connectivity index (χ1v) is 23.8. The van der Waals surface area contributed by atoms with Gasteiger partial charge in [0.05, 0.1) is 11.0 Å². The van der Waals surface area contributed by atoms with Crippen LogP contribution >= 0.6 is 11.3 Å². The topological polar surface area (TPSA) is 43.6 Å². The van der Waals surface area contributed by atoms with E-state index in [9.17, 15) is 0 Å². The van der Waals surface area contributed by atoms with Gasteiger partial charge in [0.15, 0.2) is 17.5 Å². The second-order valence-corrected chi connectivity index (χ2v) is 18.1. The molecule has 0 fully saturated rings. The van der Waals surface area contributed by atoms with Crippen LogP contribution in [0.3, 0.4) is 0 Å². The monoisotopic (exact) mass is 884 g/mol. The molecule has 5 heteroatoms. The molecule has 13 aromatic rings. The van der Waals surface area contributed by atoms with Crippen LogP contribution in [-0.2, 0) is 0 Å². The first kappa shape index (κ1) is 39.6. The molecule has 68 heavy (non-hydrogen) atoms. The van der Waals surface area contributed by atoms with Crippen molar-refractivity contribution in [3.63, 3.8) is 0 Å². The van der Waals surface area contributed by atoms with Gasteiger partial charge in [0, 0.05) is 53.3 Å². The van der Waals surface area contributed by atoms with Crippen LogP contribution in [0.1, 0.15) is 0 Å². The molecule has 0 amide bonds. The van der Waals surface area contributed by atoms with Crippen molar-refractivity contribution in [1.82, 2.24) is 19.5 Å². The number of para-hydroxylation sites is 2. The van der Waals surface area contributed by atoms with Gasteiger partial charge in [-0.05, 0) is 80.9 Å². The van der Waals surface area contributed by atoms with Crippen molar-refractivity contribution >= 4 is 53.3 Å². The SMILES string of the molecule is c1ccc(-c2nc(-c3ccccc3)nc(-c3cc(-c4c(-c5ccccc5)cccc4-c4ccccc4)ccc3-c3cccc4sc5ccc6c7ccccc7n(-c7ccccc7)c6c5c34)n2)cc1. The molecule has 0 aliphatic rings. The molecule has 10 aromatic carbocycles. The second kappa shape index (κ2) is 16.6. The number of nitrogens with zero attached hydrogens (tertiary/aromatic N) is 4. The number of hydrogen-bond donors (Lipinski definition) is 0. The average Bonchev–Trinajstić information content (AvgIpc) is 3.98. The van der Waals surface area contributed by atoms with E-state index in [1.165, 1.54) is 42.0 Å². The molecule has 13 rings (SSSR count). The van der Waals surface area contributed by atoms with Gasteiger partial charge < -0.3 is 4.57 Å². The lowest BCUT2D eigenvalue weighted by Crippen LogP contribution is -2.01. The van der Waals surface area contributed by atoms with E-state index in [4.69, 9.17) is 15.0 Å². The van der Waals surface area contributed by atoms with E-state index in [0.717, 1.165) is 66.9 Å². The van der Waals surface area contributed by atoms with E-state index in [0.29, 0.717) is 17.5 Å². The highest BCUT2D eigenvalue weighted by Gasteiger charge is 2.24. The normalized spacial score (nSPS) is 11.5. The maximum atomic E-state index is 5.42. The lowest BCUT2D eigenvalue weighted by Gasteiger charge is -2.19. The van der Waals surface area contributed by atoms with Crippen LogP contribution in [0.2, 0.25) is 0 Å². The van der Waals surface area contributed by atoms with Crippen LogP contribution in [0.15, 0.2) is 243 Å². The number of benzene rings is 10. The molecule has 0 N–H and O–H groups in total. The summed E-state index contributed by atoms with van der Waals surface area (Å²) in [6, 6.07) is 86.4. The standard InChI is InChI=1S/C63H40N4S/c1-6-20-41(21-7-1)47-31-18-32-48(42-22-8-2-9-23-42)57(47)45-36-37-49(53(40-45)63-65-61(43-24-10-3-11-25-43)64-62(66-63)44-26-12-4-13-27-44)51-33-19-35-55-58(51)59-56(68-55)39-38-52-50-30-16-17-34-54(50)67(60(52)59)46-28-14-5-15-29-46/h1-40H. The van der Waals surface area contributed by atoms with Crippen LogP contribution in [0.25, 0.3) is 126 Å². The average molecular weight is 885 g/mol. The Kier molecular flexibility index (Phi) is 9.66. The van der Waals surface area contributed by atoms with Gasteiger partial charge in [0.25, 0.3) is 0 Å². The quantitative estimate of drug-likeness (QED) is 0.153. The van der Waals surface area contributed by atoms with Crippen LogP contribution in [0.5, 0.6) is 0 Å². The summed E-state index contributed by atoms with van der Waals surface area (Å²) in [5.74, 6) is 1.84. The Morgan fingerprint density at radius 3 is 1.46 bits per heavy atom. The van der Waals surface area contributed by atoms with E-state index >= 15 is 0 Å². The molecule has 0 spiro atoms. The maximum Gasteiger partial charge on any atom is 0.164 e. The van der Waals surface area contributed by atoms with Gasteiger partial charge in [0.2, 0.25) is 0 Å². The summed E-state index contributed by atoms with van der Waals surface area (Å²) in [6.07, 6.45) is 0. The van der Waals surface area contributed by atoms with Gasteiger partial charge in [-0.2, -0.15) is 0 Å².